The Kier molecular flexibility index (Phi) is 7.09. The maximum absolute atomic E-state index is 13.7. The van der Waals surface area contributed by atoms with Gasteiger partial charge in [-0.25, -0.2) is 27.2 Å². The smallest absolute Gasteiger partial charge is 0.232 e. The lowest BCUT2D eigenvalue weighted by Gasteiger charge is -2.12. The Morgan fingerprint density at radius 2 is 1.97 bits per heavy atom. The van der Waals surface area contributed by atoms with E-state index in [-0.39, 0.29) is 11.4 Å². The second-order valence-corrected chi connectivity index (χ2v) is 9.40. The molecule has 3 N–H and O–H groups in total. The molecule has 2 heterocycles. The molecule has 0 amide bonds. The molecule has 0 saturated carbocycles. The van der Waals surface area contributed by atoms with Crippen LogP contribution in [-0.4, -0.2) is 28.7 Å². The van der Waals surface area contributed by atoms with Gasteiger partial charge in [0.15, 0.2) is 5.82 Å². The third-order valence-corrected chi connectivity index (χ3v) is 6.41. The van der Waals surface area contributed by atoms with Crippen LogP contribution in [0.5, 0.6) is 0 Å². The van der Waals surface area contributed by atoms with E-state index in [1.165, 1.54) is 0 Å². The molecule has 10 heteroatoms. The molecule has 0 aliphatic rings. The highest BCUT2D eigenvalue weighted by molar-refractivity contribution is 7.92. The summed E-state index contributed by atoms with van der Waals surface area (Å²) in [5, 5.41) is 0. The third kappa shape index (κ3) is 5.49. The minimum absolute atomic E-state index is 0.177. The number of aryl methyl sites for hydroxylation is 3. The fourth-order valence-electron chi connectivity index (χ4n) is 3.49. The third-order valence-electron chi connectivity index (χ3n) is 5.06. The first-order valence-electron chi connectivity index (χ1n) is 10.3. The number of pyridine rings is 1. The Labute approximate surface area is 180 Å². The summed E-state index contributed by atoms with van der Waals surface area (Å²) in [4.78, 5) is 8.87. The summed E-state index contributed by atoms with van der Waals surface area (Å²) < 4.78 is 55.6. The average Bonchev–Trinajstić information content (AvgIpc) is 3.08. The van der Waals surface area contributed by atoms with E-state index < -0.39 is 21.7 Å². The Morgan fingerprint density at radius 1 is 1.19 bits per heavy atom. The number of sulfonamides is 1. The van der Waals surface area contributed by atoms with Crippen molar-refractivity contribution < 1.29 is 17.2 Å². The predicted octanol–water partition coefficient (Wildman–Crippen LogP) is 4.16. The number of fused-ring (bicyclic) bond motifs is 1. The number of imidazole rings is 1. The maximum Gasteiger partial charge on any atom is 0.232 e. The van der Waals surface area contributed by atoms with Crippen LogP contribution in [0, 0.1) is 18.6 Å². The molecule has 0 aliphatic heterocycles. The number of halogens is 2. The van der Waals surface area contributed by atoms with Crippen LogP contribution in [0.4, 0.5) is 20.3 Å². The van der Waals surface area contributed by atoms with Crippen molar-refractivity contribution in [2.75, 3.05) is 16.2 Å². The molecule has 0 radical (unpaired) electrons. The van der Waals surface area contributed by atoms with Crippen LogP contribution in [0.15, 0.2) is 24.4 Å². The summed E-state index contributed by atoms with van der Waals surface area (Å²) in [6.07, 6.45) is 5.47. The first-order valence-corrected chi connectivity index (χ1v) is 11.9. The van der Waals surface area contributed by atoms with Crippen molar-refractivity contribution in [2.24, 2.45) is 0 Å². The van der Waals surface area contributed by atoms with Crippen LogP contribution < -0.4 is 10.5 Å². The summed E-state index contributed by atoms with van der Waals surface area (Å²) in [6.45, 7) is 4.64. The van der Waals surface area contributed by atoms with Crippen molar-refractivity contribution in [3.8, 4) is 0 Å². The molecule has 7 nitrogen and oxygen atoms in total. The lowest BCUT2D eigenvalue weighted by atomic mass is 10.2. The van der Waals surface area contributed by atoms with E-state index >= 15 is 0 Å². The van der Waals surface area contributed by atoms with Gasteiger partial charge in [0, 0.05) is 25.2 Å². The summed E-state index contributed by atoms with van der Waals surface area (Å²) in [6, 6.07) is 2.72. The van der Waals surface area contributed by atoms with Crippen molar-refractivity contribution in [1.82, 2.24) is 14.5 Å². The molecule has 0 fully saturated rings. The summed E-state index contributed by atoms with van der Waals surface area (Å²) in [5.41, 5.74) is 8.31. The Bertz CT molecular complexity index is 1180. The van der Waals surface area contributed by atoms with E-state index in [1.807, 2.05) is 6.92 Å². The lowest BCUT2D eigenvalue weighted by molar-refractivity contribution is 0.576. The predicted molar refractivity (Wildman–Crippen MR) is 118 cm³/mol. The first-order chi connectivity index (χ1) is 14.7. The van der Waals surface area contributed by atoms with Gasteiger partial charge in [0.25, 0.3) is 0 Å². The summed E-state index contributed by atoms with van der Waals surface area (Å²) in [7, 11) is -3.76. The molecule has 168 valence electrons. The number of rotatable bonds is 10. The fourth-order valence-corrected chi connectivity index (χ4v) is 4.67. The number of nitrogens with zero attached hydrogens (tertiary/aromatic N) is 3. The monoisotopic (exact) mass is 451 g/mol. The maximum atomic E-state index is 13.7. The lowest BCUT2D eigenvalue weighted by Crippen LogP contribution is -2.18. The van der Waals surface area contributed by atoms with E-state index in [1.54, 1.807) is 6.20 Å². The highest BCUT2D eigenvalue weighted by atomic mass is 32.2. The average molecular weight is 452 g/mol. The molecule has 0 bridgehead atoms. The molecule has 0 saturated heterocycles. The molecular formula is C21H27F2N5O2S. The summed E-state index contributed by atoms with van der Waals surface area (Å²) in [5.74, 6) is -0.600. The molecule has 3 rings (SSSR count). The zero-order valence-electron chi connectivity index (χ0n) is 17.7. The quantitative estimate of drug-likeness (QED) is 0.451. The van der Waals surface area contributed by atoms with Crippen LogP contribution >= 0.6 is 0 Å². The van der Waals surface area contributed by atoms with Crippen LogP contribution in [-0.2, 0) is 23.0 Å². The van der Waals surface area contributed by atoms with Crippen LogP contribution in [0.1, 0.15) is 44.0 Å². The number of anilines is 2. The zero-order chi connectivity index (χ0) is 22.6. The molecular weight excluding hydrogens is 424 g/mol. The molecule has 0 aliphatic carbocycles. The number of unbranched alkanes of at least 4 members (excludes halogenated alkanes) is 2. The molecule has 0 atom stereocenters. The highest BCUT2D eigenvalue weighted by Gasteiger charge is 2.17. The Morgan fingerprint density at radius 3 is 2.68 bits per heavy atom. The van der Waals surface area contributed by atoms with Gasteiger partial charge >= 0.3 is 0 Å². The SMILES string of the molecule is CCCCc1nc2c(N)ncc(C)c2n1CCCCS(=O)(=O)Nc1ccc(F)cc1F. The normalized spacial score (nSPS) is 11.9. The van der Waals surface area contributed by atoms with E-state index in [4.69, 9.17) is 5.73 Å². The van der Waals surface area contributed by atoms with E-state index in [2.05, 4.69) is 26.2 Å². The Hall–Kier alpha value is -2.75. The van der Waals surface area contributed by atoms with Crippen molar-refractivity contribution >= 4 is 32.6 Å². The number of aromatic nitrogens is 3. The second kappa shape index (κ2) is 9.59. The van der Waals surface area contributed by atoms with Gasteiger partial charge in [-0.3, -0.25) is 4.72 Å². The Balaban J connectivity index is 1.69. The van der Waals surface area contributed by atoms with Crippen molar-refractivity contribution in [3.05, 3.63) is 47.4 Å². The molecule has 2 aromatic heterocycles. The van der Waals surface area contributed by atoms with Gasteiger partial charge in [-0.05, 0) is 43.9 Å². The number of benzene rings is 1. The second-order valence-electron chi connectivity index (χ2n) is 7.56. The molecule has 1 aromatic carbocycles. The summed E-state index contributed by atoms with van der Waals surface area (Å²) >= 11 is 0. The molecule has 31 heavy (non-hydrogen) atoms. The number of nitrogens with one attached hydrogen (secondary N) is 1. The molecule has 3 aromatic rings. The van der Waals surface area contributed by atoms with Crippen molar-refractivity contribution in [1.29, 1.82) is 0 Å². The van der Waals surface area contributed by atoms with E-state index in [0.29, 0.717) is 36.8 Å². The van der Waals surface area contributed by atoms with E-state index in [9.17, 15) is 17.2 Å². The van der Waals surface area contributed by atoms with Gasteiger partial charge in [0.1, 0.15) is 23.0 Å². The zero-order valence-corrected chi connectivity index (χ0v) is 18.5. The minimum atomic E-state index is -3.76. The van der Waals surface area contributed by atoms with E-state index in [0.717, 1.165) is 48.3 Å². The fraction of sp³-hybridized carbons (Fsp3) is 0.429. The number of hydrogen-bond donors (Lipinski definition) is 2. The van der Waals surface area contributed by atoms with Gasteiger partial charge in [0.05, 0.1) is 17.0 Å². The topological polar surface area (TPSA) is 103 Å². The first kappa shape index (κ1) is 22.9. The van der Waals surface area contributed by atoms with Gasteiger partial charge in [-0.1, -0.05) is 13.3 Å². The number of hydrogen-bond acceptors (Lipinski definition) is 5. The largest absolute Gasteiger partial charge is 0.382 e. The minimum Gasteiger partial charge on any atom is -0.382 e. The van der Waals surface area contributed by atoms with Gasteiger partial charge < -0.3 is 10.3 Å². The van der Waals surface area contributed by atoms with Crippen LogP contribution in [0.3, 0.4) is 0 Å². The number of nitrogen functional groups attached to an aromatic ring is 1. The van der Waals surface area contributed by atoms with Crippen LogP contribution in [0.2, 0.25) is 0 Å². The number of nitrogens with two attached hydrogens (primary N) is 1. The molecule has 0 unspecified atom stereocenters. The highest BCUT2D eigenvalue weighted by Crippen LogP contribution is 2.25. The molecule has 0 spiro atoms. The van der Waals surface area contributed by atoms with Crippen molar-refractivity contribution in [2.45, 2.75) is 52.5 Å². The van der Waals surface area contributed by atoms with Gasteiger partial charge in [-0.2, -0.15) is 0 Å². The van der Waals surface area contributed by atoms with Crippen LogP contribution in [0.25, 0.3) is 11.0 Å². The van der Waals surface area contributed by atoms with Gasteiger partial charge in [-0.15, -0.1) is 0 Å². The van der Waals surface area contributed by atoms with Gasteiger partial charge in [0.2, 0.25) is 10.0 Å². The van der Waals surface area contributed by atoms with Crippen molar-refractivity contribution in [3.63, 3.8) is 0 Å². The standard InChI is InChI=1S/C21H27F2N5O2S/c1-3-4-7-18-26-19-20(14(2)13-25-21(19)24)28(18)10-5-6-11-31(29,30)27-17-9-8-15(22)12-16(17)23/h8-9,12-13,27H,3-7,10-11H2,1-2H3,(H2,24,25).